The van der Waals surface area contributed by atoms with Gasteiger partial charge in [-0.1, -0.05) is 58.3 Å². The maximum absolute atomic E-state index is 13.3. The fourth-order valence-electron chi connectivity index (χ4n) is 4.42. The minimum Gasteiger partial charge on any atom is -0.492 e. The van der Waals surface area contributed by atoms with E-state index in [4.69, 9.17) is 24.7 Å². The van der Waals surface area contributed by atoms with Gasteiger partial charge in [0.05, 0.1) is 28.4 Å². The minimum absolute atomic E-state index is 0.0324. The molecule has 7 heteroatoms. The van der Waals surface area contributed by atoms with E-state index in [1.54, 1.807) is 28.4 Å². The Morgan fingerprint density at radius 1 is 0.750 bits per heavy atom. The molecular formula is C29H50N2O5. The predicted octanol–water partition coefficient (Wildman–Crippen LogP) is 6.19. The summed E-state index contributed by atoms with van der Waals surface area (Å²) in [6, 6.07) is 0. The molecule has 0 aromatic heterocycles. The Morgan fingerprint density at radius 3 is 1.86 bits per heavy atom. The summed E-state index contributed by atoms with van der Waals surface area (Å²) in [5.74, 6) is 1.98. The average molecular weight is 507 g/mol. The average Bonchev–Trinajstić information content (AvgIpc) is 2.89. The number of amides is 1. The molecule has 1 amide bonds. The van der Waals surface area contributed by atoms with E-state index in [1.165, 1.54) is 32.1 Å². The first-order valence-electron chi connectivity index (χ1n) is 13.6. The maximum atomic E-state index is 13.3. The highest BCUT2D eigenvalue weighted by molar-refractivity contribution is 5.98. The van der Waals surface area contributed by atoms with Crippen molar-refractivity contribution in [3.63, 3.8) is 0 Å². The first kappa shape index (κ1) is 31.6. The van der Waals surface area contributed by atoms with Crippen LogP contribution in [-0.4, -0.2) is 47.4 Å². The number of nitrogens with one attached hydrogen (secondary N) is 1. The van der Waals surface area contributed by atoms with Gasteiger partial charge in [0.15, 0.2) is 11.5 Å². The van der Waals surface area contributed by atoms with Gasteiger partial charge in [0.1, 0.15) is 0 Å². The molecule has 3 N–H and O–H groups in total. The number of unbranched alkanes of at least 4 members (excludes halogenated alkanes) is 9. The fourth-order valence-corrected chi connectivity index (χ4v) is 4.42. The fraction of sp³-hybridized carbons (Fsp3) is 0.690. The van der Waals surface area contributed by atoms with Gasteiger partial charge in [-0.3, -0.25) is 4.79 Å². The zero-order chi connectivity index (χ0) is 26.8. The van der Waals surface area contributed by atoms with Crippen LogP contribution in [0.15, 0.2) is 5.57 Å². The summed E-state index contributed by atoms with van der Waals surface area (Å²) in [6.45, 7) is 5.54. The number of methoxy groups -OCH3 is 4. The van der Waals surface area contributed by atoms with Crippen LogP contribution in [0.2, 0.25) is 0 Å². The van der Waals surface area contributed by atoms with E-state index in [0.717, 1.165) is 55.2 Å². The smallest absolute Gasteiger partial charge is 0.247 e. The van der Waals surface area contributed by atoms with Gasteiger partial charge in [0, 0.05) is 23.2 Å². The van der Waals surface area contributed by atoms with Crippen molar-refractivity contribution in [2.75, 3.05) is 41.5 Å². The van der Waals surface area contributed by atoms with Gasteiger partial charge in [0.2, 0.25) is 17.4 Å². The van der Waals surface area contributed by atoms with Gasteiger partial charge in [-0.2, -0.15) is 0 Å². The maximum Gasteiger partial charge on any atom is 0.247 e. The Hall–Kier alpha value is -2.41. The molecule has 0 aliphatic carbocycles. The van der Waals surface area contributed by atoms with Crippen molar-refractivity contribution < 1.29 is 23.7 Å². The number of rotatable bonds is 20. The van der Waals surface area contributed by atoms with Crippen LogP contribution < -0.4 is 30.0 Å². The molecular weight excluding hydrogens is 456 g/mol. The van der Waals surface area contributed by atoms with Crippen molar-refractivity contribution in [2.24, 2.45) is 5.73 Å². The third kappa shape index (κ3) is 9.92. The number of benzene rings is 1. The molecule has 0 bridgehead atoms. The molecule has 0 unspecified atom stereocenters. The molecule has 0 aliphatic rings. The molecule has 0 radical (unpaired) electrons. The van der Waals surface area contributed by atoms with Gasteiger partial charge in [-0.15, -0.1) is 0 Å². The molecule has 0 saturated heterocycles. The van der Waals surface area contributed by atoms with Gasteiger partial charge >= 0.3 is 0 Å². The molecule has 0 aliphatic heterocycles. The van der Waals surface area contributed by atoms with Crippen LogP contribution in [0.5, 0.6) is 23.0 Å². The van der Waals surface area contributed by atoms with Crippen LogP contribution in [-0.2, 0) is 4.79 Å². The molecule has 0 heterocycles. The van der Waals surface area contributed by atoms with Crippen LogP contribution in [0, 0.1) is 6.92 Å². The summed E-state index contributed by atoms with van der Waals surface area (Å²) >= 11 is 0. The summed E-state index contributed by atoms with van der Waals surface area (Å²) in [7, 11) is 6.33. The lowest BCUT2D eigenvalue weighted by Crippen LogP contribution is -2.26. The van der Waals surface area contributed by atoms with E-state index >= 15 is 0 Å². The second-order valence-electron chi connectivity index (χ2n) is 9.17. The molecule has 36 heavy (non-hydrogen) atoms. The van der Waals surface area contributed by atoms with Crippen molar-refractivity contribution in [1.82, 2.24) is 5.32 Å². The third-order valence-electron chi connectivity index (χ3n) is 6.50. The monoisotopic (exact) mass is 506 g/mol. The van der Waals surface area contributed by atoms with E-state index in [1.807, 2.05) is 13.0 Å². The molecule has 1 rings (SSSR count). The highest BCUT2D eigenvalue weighted by Gasteiger charge is 2.25. The molecule has 0 atom stereocenters. The number of carbonyl (C=O) groups is 1. The van der Waals surface area contributed by atoms with Crippen LogP contribution in [0.25, 0.3) is 6.08 Å². The van der Waals surface area contributed by atoms with Crippen LogP contribution in [0.4, 0.5) is 0 Å². The van der Waals surface area contributed by atoms with Crippen molar-refractivity contribution >= 4 is 12.0 Å². The van der Waals surface area contributed by atoms with E-state index in [9.17, 15) is 4.79 Å². The van der Waals surface area contributed by atoms with Crippen molar-refractivity contribution in [3.05, 3.63) is 16.7 Å². The van der Waals surface area contributed by atoms with E-state index in [0.29, 0.717) is 42.5 Å². The first-order valence-corrected chi connectivity index (χ1v) is 13.6. The third-order valence-corrected chi connectivity index (χ3v) is 6.50. The summed E-state index contributed by atoms with van der Waals surface area (Å²) < 4.78 is 22.6. The zero-order valence-corrected chi connectivity index (χ0v) is 23.6. The number of hydrogen-bond acceptors (Lipinski definition) is 6. The topological polar surface area (TPSA) is 92.0 Å². The molecule has 206 valence electrons. The van der Waals surface area contributed by atoms with Gasteiger partial charge in [-0.05, 0) is 45.2 Å². The van der Waals surface area contributed by atoms with E-state index < -0.39 is 0 Å². The largest absolute Gasteiger partial charge is 0.492 e. The summed E-state index contributed by atoms with van der Waals surface area (Å²) in [5.41, 5.74) is 7.91. The standard InChI is InChI=1S/C29H50N2O5/c1-7-8-9-10-11-12-15-18-23(29(32)31-20-17-14-13-16-19-30)21-24-22(2)25(33-3)27(35-5)28(36-6)26(24)34-4/h21H,7-20,30H2,1-6H3,(H,31,32). The second kappa shape index (κ2) is 18.8. The predicted molar refractivity (Wildman–Crippen MR) is 149 cm³/mol. The second-order valence-corrected chi connectivity index (χ2v) is 9.17. The summed E-state index contributed by atoms with van der Waals surface area (Å²) in [5, 5.41) is 3.12. The van der Waals surface area contributed by atoms with Crippen LogP contribution in [0.3, 0.4) is 0 Å². The van der Waals surface area contributed by atoms with Crippen molar-refractivity contribution in [3.8, 4) is 23.0 Å². The number of carbonyl (C=O) groups excluding carboxylic acids is 1. The molecule has 0 fully saturated rings. The normalized spacial score (nSPS) is 11.4. The Bertz CT molecular complexity index is 808. The highest BCUT2D eigenvalue weighted by Crippen LogP contribution is 2.50. The molecule has 1 aromatic rings. The highest BCUT2D eigenvalue weighted by atomic mass is 16.5. The number of nitrogens with two attached hydrogens (primary N) is 1. The Kier molecular flexibility index (Phi) is 16.5. The lowest BCUT2D eigenvalue weighted by atomic mass is 9.98. The zero-order valence-electron chi connectivity index (χ0n) is 23.6. The quantitative estimate of drug-likeness (QED) is 0.162. The Morgan fingerprint density at radius 2 is 1.28 bits per heavy atom. The minimum atomic E-state index is -0.0324. The lowest BCUT2D eigenvalue weighted by molar-refractivity contribution is -0.117. The first-order chi connectivity index (χ1) is 17.5. The van der Waals surface area contributed by atoms with E-state index in [-0.39, 0.29) is 5.91 Å². The van der Waals surface area contributed by atoms with Gasteiger partial charge in [-0.25, -0.2) is 0 Å². The van der Waals surface area contributed by atoms with Crippen molar-refractivity contribution in [2.45, 2.75) is 90.9 Å². The number of hydrogen-bond donors (Lipinski definition) is 2. The van der Waals surface area contributed by atoms with Crippen molar-refractivity contribution in [1.29, 1.82) is 0 Å². The molecule has 1 aromatic carbocycles. The lowest BCUT2D eigenvalue weighted by Gasteiger charge is -2.21. The SMILES string of the molecule is CCCCCCCCCC(=Cc1c(C)c(OC)c(OC)c(OC)c1OC)C(=O)NCCCCCCN. The summed E-state index contributed by atoms with van der Waals surface area (Å²) in [4.78, 5) is 13.3. The van der Waals surface area contributed by atoms with E-state index in [2.05, 4.69) is 12.2 Å². The molecule has 7 nitrogen and oxygen atoms in total. The number of ether oxygens (including phenoxy) is 4. The van der Waals surface area contributed by atoms with Gasteiger partial charge < -0.3 is 30.0 Å². The Balaban J connectivity index is 3.19. The Labute approximate surface area is 219 Å². The van der Waals surface area contributed by atoms with Crippen LogP contribution >= 0.6 is 0 Å². The van der Waals surface area contributed by atoms with Crippen LogP contribution in [0.1, 0.15) is 95.1 Å². The molecule has 0 spiro atoms. The summed E-state index contributed by atoms with van der Waals surface area (Å²) in [6.07, 6.45) is 15.1. The van der Waals surface area contributed by atoms with Gasteiger partial charge in [0.25, 0.3) is 0 Å². The molecule has 0 saturated carbocycles.